The monoisotopic (exact) mass is 351 g/mol. The van der Waals surface area contributed by atoms with Gasteiger partial charge in [0.05, 0.1) is 16.3 Å². The van der Waals surface area contributed by atoms with Gasteiger partial charge in [0.15, 0.2) is 0 Å². The van der Waals surface area contributed by atoms with Crippen LogP contribution >= 0.6 is 11.3 Å². The minimum absolute atomic E-state index is 0.00864. The Labute approximate surface area is 146 Å². The number of carbonyl (C=O) groups excluding carboxylic acids is 2. The molecule has 0 spiro atoms. The van der Waals surface area contributed by atoms with Gasteiger partial charge in [-0.25, -0.2) is 4.98 Å². The van der Waals surface area contributed by atoms with Crippen LogP contribution in [0.4, 0.5) is 0 Å². The highest BCUT2D eigenvalue weighted by molar-refractivity contribution is 7.09. The van der Waals surface area contributed by atoms with Crippen molar-refractivity contribution < 1.29 is 14.7 Å². The molecule has 1 N–H and O–H groups in total. The third-order valence-electron chi connectivity index (χ3n) is 4.20. The maximum Gasteiger partial charge on any atom is 0.246 e. The van der Waals surface area contributed by atoms with Crippen LogP contribution in [0.25, 0.3) is 6.08 Å². The Bertz CT molecular complexity index is 626. The van der Waals surface area contributed by atoms with Gasteiger partial charge in [-0.3, -0.25) is 9.59 Å². The molecule has 132 valence electrons. The topological polar surface area (TPSA) is 73.7 Å². The van der Waals surface area contributed by atoms with Crippen molar-refractivity contribution in [2.75, 3.05) is 27.2 Å². The summed E-state index contributed by atoms with van der Waals surface area (Å²) in [5, 5.41) is 13.6. The lowest BCUT2D eigenvalue weighted by Crippen LogP contribution is -2.50. The zero-order chi connectivity index (χ0) is 17.7. The third kappa shape index (κ3) is 5.14. The minimum atomic E-state index is -0.982. The van der Waals surface area contributed by atoms with E-state index in [0.717, 1.165) is 17.1 Å². The number of amides is 2. The molecule has 24 heavy (non-hydrogen) atoms. The van der Waals surface area contributed by atoms with E-state index in [1.807, 2.05) is 12.3 Å². The zero-order valence-electron chi connectivity index (χ0n) is 14.5. The van der Waals surface area contributed by atoms with E-state index >= 15 is 0 Å². The summed E-state index contributed by atoms with van der Waals surface area (Å²) in [6.07, 6.45) is 5.23. The van der Waals surface area contributed by atoms with Gasteiger partial charge < -0.3 is 14.9 Å². The van der Waals surface area contributed by atoms with Gasteiger partial charge in [0, 0.05) is 45.1 Å². The summed E-state index contributed by atoms with van der Waals surface area (Å²) in [5.74, 6) is -0.136. The molecule has 0 bridgehead atoms. The summed E-state index contributed by atoms with van der Waals surface area (Å²) in [5.41, 5.74) is -0.209. The van der Waals surface area contributed by atoms with E-state index in [4.69, 9.17) is 0 Å². The van der Waals surface area contributed by atoms with E-state index in [0.29, 0.717) is 25.8 Å². The first-order valence-electron chi connectivity index (χ1n) is 8.11. The molecule has 1 aromatic rings. The second-order valence-electron chi connectivity index (χ2n) is 6.50. The number of hydrogen-bond acceptors (Lipinski definition) is 5. The number of aromatic nitrogens is 1. The summed E-state index contributed by atoms with van der Waals surface area (Å²) in [7, 11) is 3.40. The minimum Gasteiger partial charge on any atom is -0.388 e. The molecule has 0 saturated carbocycles. The van der Waals surface area contributed by atoms with Gasteiger partial charge >= 0.3 is 0 Å². The SMILES string of the molecule is Cc1nc(/C=C/C(=O)N2CCCC(O)(CCC(=O)N(C)C)C2)cs1. The first-order chi connectivity index (χ1) is 11.3. The maximum absolute atomic E-state index is 12.3. The summed E-state index contributed by atoms with van der Waals surface area (Å²) >= 11 is 1.54. The molecule has 0 aromatic carbocycles. The van der Waals surface area contributed by atoms with Crippen LogP contribution < -0.4 is 0 Å². The van der Waals surface area contributed by atoms with Crippen molar-refractivity contribution in [1.29, 1.82) is 0 Å². The average molecular weight is 351 g/mol. The van der Waals surface area contributed by atoms with Crippen LogP contribution in [-0.2, 0) is 9.59 Å². The molecule has 2 rings (SSSR count). The van der Waals surface area contributed by atoms with Gasteiger partial charge in [-0.05, 0) is 32.3 Å². The van der Waals surface area contributed by atoms with Gasteiger partial charge in [0.1, 0.15) is 0 Å². The van der Waals surface area contributed by atoms with Crippen LogP contribution in [0.2, 0.25) is 0 Å². The molecule has 0 radical (unpaired) electrons. The maximum atomic E-state index is 12.3. The van der Waals surface area contributed by atoms with Gasteiger partial charge in [0.25, 0.3) is 0 Å². The Morgan fingerprint density at radius 2 is 2.25 bits per heavy atom. The van der Waals surface area contributed by atoms with Gasteiger partial charge in [-0.15, -0.1) is 11.3 Å². The Kier molecular flexibility index (Phi) is 6.12. The van der Waals surface area contributed by atoms with Crippen molar-refractivity contribution in [2.45, 2.75) is 38.2 Å². The van der Waals surface area contributed by atoms with Crippen LogP contribution in [0, 0.1) is 6.92 Å². The van der Waals surface area contributed by atoms with Gasteiger partial charge in [-0.1, -0.05) is 0 Å². The highest BCUT2D eigenvalue weighted by Crippen LogP contribution is 2.26. The van der Waals surface area contributed by atoms with E-state index in [2.05, 4.69) is 4.98 Å². The second-order valence-corrected chi connectivity index (χ2v) is 7.56. The van der Waals surface area contributed by atoms with Crippen molar-refractivity contribution in [2.24, 2.45) is 0 Å². The molecule has 1 aliphatic rings. The van der Waals surface area contributed by atoms with Crippen LogP contribution in [0.1, 0.15) is 36.4 Å². The molecule has 2 heterocycles. The first-order valence-corrected chi connectivity index (χ1v) is 8.99. The number of thiazole rings is 1. The lowest BCUT2D eigenvalue weighted by atomic mass is 9.88. The molecule has 7 heteroatoms. The number of aryl methyl sites for hydroxylation is 1. The molecule has 1 saturated heterocycles. The van der Waals surface area contributed by atoms with Crippen molar-refractivity contribution in [1.82, 2.24) is 14.8 Å². The predicted molar refractivity (Wildman–Crippen MR) is 94.6 cm³/mol. The average Bonchev–Trinajstić information content (AvgIpc) is 2.95. The Hall–Kier alpha value is -1.73. The van der Waals surface area contributed by atoms with E-state index < -0.39 is 5.60 Å². The molecule has 1 atom stereocenters. The number of carbonyl (C=O) groups is 2. The highest BCUT2D eigenvalue weighted by Gasteiger charge is 2.35. The standard InChI is InChI=1S/C17H25N3O3S/c1-13-18-14(11-24-13)5-6-16(22)20-10-4-8-17(23,12-20)9-7-15(21)19(2)3/h5-6,11,23H,4,7-10,12H2,1-3H3/b6-5+. The lowest BCUT2D eigenvalue weighted by Gasteiger charge is -2.39. The fraction of sp³-hybridized carbons (Fsp3) is 0.588. The fourth-order valence-electron chi connectivity index (χ4n) is 2.79. The van der Waals surface area contributed by atoms with Crippen LogP contribution in [0.15, 0.2) is 11.5 Å². The van der Waals surface area contributed by atoms with Crippen molar-refractivity contribution >= 4 is 29.2 Å². The zero-order valence-corrected chi connectivity index (χ0v) is 15.3. The summed E-state index contributed by atoms with van der Waals surface area (Å²) in [4.78, 5) is 31.5. The van der Waals surface area contributed by atoms with E-state index in [1.165, 1.54) is 22.3 Å². The molecule has 1 aromatic heterocycles. The molecular formula is C17H25N3O3S. The number of β-amino-alcohol motifs (C(OH)–C–C–N with tert-alkyl or cyclic N) is 1. The van der Waals surface area contributed by atoms with Crippen LogP contribution in [-0.4, -0.2) is 64.5 Å². The Morgan fingerprint density at radius 1 is 1.50 bits per heavy atom. The molecule has 1 fully saturated rings. The van der Waals surface area contributed by atoms with E-state index in [9.17, 15) is 14.7 Å². The summed E-state index contributed by atoms with van der Waals surface area (Å²) in [6.45, 7) is 2.82. The molecular weight excluding hydrogens is 326 g/mol. The van der Waals surface area contributed by atoms with Crippen LogP contribution in [0.5, 0.6) is 0 Å². The second kappa shape index (κ2) is 7.90. The lowest BCUT2D eigenvalue weighted by molar-refractivity contribution is -0.135. The Morgan fingerprint density at radius 3 is 2.88 bits per heavy atom. The molecule has 6 nitrogen and oxygen atoms in total. The van der Waals surface area contributed by atoms with Crippen molar-refractivity contribution in [3.05, 3.63) is 22.2 Å². The van der Waals surface area contributed by atoms with Crippen LogP contribution in [0.3, 0.4) is 0 Å². The normalized spacial score (nSPS) is 21.2. The molecule has 0 aliphatic carbocycles. The molecule has 1 aliphatic heterocycles. The summed E-state index contributed by atoms with van der Waals surface area (Å²) in [6, 6.07) is 0. The third-order valence-corrected chi connectivity index (χ3v) is 5.00. The number of likely N-dealkylation sites (tertiary alicyclic amines) is 1. The number of rotatable bonds is 5. The highest BCUT2D eigenvalue weighted by atomic mass is 32.1. The number of hydrogen-bond donors (Lipinski definition) is 1. The molecule has 1 unspecified atom stereocenters. The molecule has 2 amide bonds. The quantitative estimate of drug-likeness (QED) is 0.819. The number of nitrogens with zero attached hydrogens (tertiary/aromatic N) is 3. The largest absolute Gasteiger partial charge is 0.388 e. The number of aliphatic hydroxyl groups is 1. The summed E-state index contributed by atoms with van der Waals surface area (Å²) < 4.78 is 0. The predicted octanol–water partition coefficient (Wildman–Crippen LogP) is 1.69. The van der Waals surface area contributed by atoms with E-state index in [-0.39, 0.29) is 18.4 Å². The van der Waals surface area contributed by atoms with E-state index in [1.54, 1.807) is 25.1 Å². The fourth-order valence-corrected chi connectivity index (χ4v) is 3.37. The smallest absolute Gasteiger partial charge is 0.246 e. The van der Waals surface area contributed by atoms with Crippen molar-refractivity contribution in [3.63, 3.8) is 0 Å². The number of piperidine rings is 1. The van der Waals surface area contributed by atoms with Gasteiger partial charge in [-0.2, -0.15) is 0 Å². The van der Waals surface area contributed by atoms with Gasteiger partial charge in [0.2, 0.25) is 11.8 Å². The van der Waals surface area contributed by atoms with Crippen molar-refractivity contribution in [3.8, 4) is 0 Å². The first kappa shape index (κ1) is 18.6. The Balaban J connectivity index is 1.92.